The summed E-state index contributed by atoms with van der Waals surface area (Å²) in [6, 6.07) is 9.68. The fourth-order valence-corrected chi connectivity index (χ4v) is 3.42. The lowest BCUT2D eigenvalue weighted by Crippen LogP contribution is -2.43. The number of methoxy groups -OCH3 is 1. The zero-order valence-corrected chi connectivity index (χ0v) is 16.2. The molecule has 0 spiro atoms. The van der Waals surface area contributed by atoms with Crippen molar-refractivity contribution in [2.24, 2.45) is 5.92 Å². The number of pyridine rings is 1. The SMILES string of the molecule is COc1cccc(C(=O)CC2(O)C(=O)N(CC(C)C)c3ccc(Cl)cc32)n1. The van der Waals surface area contributed by atoms with Crippen LogP contribution in [0.15, 0.2) is 36.4 Å². The molecule has 1 N–H and O–H groups in total. The molecule has 6 nitrogen and oxygen atoms in total. The third-order valence-corrected chi connectivity index (χ3v) is 4.71. The molecular formula is C20H21ClN2O4. The summed E-state index contributed by atoms with van der Waals surface area (Å²) in [5.74, 6) is -0.502. The predicted octanol–water partition coefficient (Wildman–Crippen LogP) is 3.21. The van der Waals surface area contributed by atoms with Crippen LogP contribution in [0.3, 0.4) is 0 Å². The Morgan fingerprint density at radius 1 is 1.33 bits per heavy atom. The topological polar surface area (TPSA) is 79.7 Å². The van der Waals surface area contributed by atoms with E-state index >= 15 is 0 Å². The normalized spacial score (nSPS) is 18.7. The molecule has 7 heteroatoms. The minimum Gasteiger partial charge on any atom is -0.481 e. The molecule has 0 saturated carbocycles. The molecule has 0 fully saturated rings. The molecule has 1 aromatic carbocycles. The van der Waals surface area contributed by atoms with E-state index in [2.05, 4.69) is 4.98 Å². The number of aromatic nitrogens is 1. The third-order valence-electron chi connectivity index (χ3n) is 4.48. The van der Waals surface area contributed by atoms with Gasteiger partial charge in [0.2, 0.25) is 5.88 Å². The summed E-state index contributed by atoms with van der Waals surface area (Å²) in [6.45, 7) is 4.39. The largest absolute Gasteiger partial charge is 0.481 e. The molecule has 2 aromatic rings. The Bertz CT molecular complexity index is 899. The minimum absolute atomic E-state index is 0.126. The predicted molar refractivity (Wildman–Crippen MR) is 102 cm³/mol. The van der Waals surface area contributed by atoms with Crippen molar-refractivity contribution in [1.29, 1.82) is 0 Å². The monoisotopic (exact) mass is 388 g/mol. The number of hydrogen-bond donors (Lipinski definition) is 1. The van der Waals surface area contributed by atoms with Crippen LogP contribution in [-0.2, 0) is 10.4 Å². The molecule has 3 rings (SSSR count). The highest BCUT2D eigenvalue weighted by Crippen LogP contribution is 2.44. The van der Waals surface area contributed by atoms with Gasteiger partial charge in [-0.3, -0.25) is 9.59 Å². The summed E-state index contributed by atoms with van der Waals surface area (Å²) in [4.78, 5) is 31.4. The molecule has 1 unspecified atom stereocenters. The number of ether oxygens (including phenoxy) is 1. The van der Waals surface area contributed by atoms with Crippen molar-refractivity contribution in [3.05, 3.63) is 52.7 Å². The van der Waals surface area contributed by atoms with Crippen LogP contribution in [0, 0.1) is 5.92 Å². The van der Waals surface area contributed by atoms with E-state index in [1.54, 1.807) is 30.3 Å². The second-order valence-electron chi connectivity index (χ2n) is 7.00. The van der Waals surface area contributed by atoms with E-state index in [-0.39, 0.29) is 17.5 Å². The first kappa shape index (κ1) is 19.3. The number of carbonyl (C=O) groups excluding carboxylic acids is 2. The van der Waals surface area contributed by atoms with Crippen LogP contribution in [-0.4, -0.2) is 35.4 Å². The van der Waals surface area contributed by atoms with Crippen molar-refractivity contribution in [3.8, 4) is 5.88 Å². The van der Waals surface area contributed by atoms with E-state index < -0.39 is 23.7 Å². The average molecular weight is 389 g/mol. The molecule has 1 amide bonds. The van der Waals surface area contributed by atoms with E-state index in [0.29, 0.717) is 22.8 Å². The Labute approximate surface area is 162 Å². The van der Waals surface area contributed by atoms with Gasteiger partial charge < -0.3 is 14.7 Å². The van der Waals surface area contributed by atoms with Crippen molar-refractivity contribution >= 4 is 29.0 Å². The third kappa shape index (κ3) is 3.55. The number of rotatable bonds is 6. The second kappa shape index (κ2) is 7.29. The van der Waals surface area contributed by atoms with Gasteiger partial charge in [0.15, 0.2) is 11.4 Å². The van der Waals surface area contributed by atoms with Crippen LogP contribution in [0.5, 0.6) is 5.88 Å². The first-order chi connectivity index (χ1) is 12.8. The molecule has 1 atom stereocenters. The van der Waals surface area contributed by atoms with Crippen molar-refractivity contribution in [1.82, 2.24) is 4.98 Å². The smallest absolute Gasteiger partial charge is 0.264 e. The molecule has 2 heterocycles. The standard InChI is InChI=1S/C20H21ClN2O4/c1-12(2)11-23-16-8-7-13(21)9-14(16)20(26,19(23)25)10-17(24)15-5-4-6-18(22-15)27-3/h4-9,12,26H,10-11H2,1-3H3. The molecule has 0 radical (unpaired) electrons. The number of carbonyl (C=O) groups is 2. The molecule has 27 heavy (non-hydrogen) atoms. The summed E-state index contributed by atoms with van der Waals surface area (Å²) in [6.07, 6.45) is -0.423. The number of halogens is 1. The number of benzene rings is 1. The highest BCUT2D eigenvalue weighted by atomic mass is 35.5. The zero-order valence-electron chi connectivity index (χ0n) is 15.4. The molecule has 0 saturated heterocycles. The van der Waals surface area contributed by atoms with Crippen LogP contribution in [0.1, 0.15) is 36.3 Å². The van der Waals surface area contributed by atoms with Gasteiger partial charge in [-0.1, -0.05) is 31.5 Å². The summed E-state index contributed by atoms with van der Waals surface area (Å²) >= 11 is 6.09. The van der Waals surface area contributed by atoms with E-state index in [9.17, 15) is 14.7 Å². The Hall–Kier alpha value is -2.44. The maximum atomic E-state index is 13.1. The summed E-state index contributed by atoms with van der Waals surface area (Å²) in [5.41, 5.74) is -0.929. The molecule has 142 valence electrons. The first-order valence-electron chi connectivity index (χ1n) is 8.65. The van der Waals surface area contributed by atoms with E-state index in [4.69, 9.17) is 16.3 Å². The van der Waals surface area contributed by atoms with Gasteiger partial charge >= 0.3 is 0 Å². The van der Waals surface area contributed by atoms with Crippen LogP contribution >= 0.6 is 11.6 Å². The van der Waals surface area contributed by atoms with E-state index in [1.165, 1.54) is 18.1 Å². The lowest BCUT2D eigenvalue weighted by atomic mass is 9.89. The van der Waals surface area contributed by atoms with Crippen LogP contribution < -0.4 is 9.64 Å². The quantitative estimate of drug-likeness (QED) is 0.768. The fourth-order valence-electron chi connectivity index (χ4n) is 3.25. The summed E-state index contributed by atoms with van der Waals surface area (Å²) in [7, 11) is 1.45. The highest BCUT2D eigenvalue weighted by Gasteiger charge is 2.51. The Kier molecular flexibility index (Phi) is 5.22. The van der Waals surface area contributed by atoms with Crippen LogP contribution in [0.4, 0.5) is 5.69 Å². The Morgan fingerprint density at radius 2 is 2.07 bits per heavy atom. The van der Waals surface area contributed by atoms with Crippen LogP contribution in [0.25, 0.3) is 0 Å². The van der Waals surface area contributed by atoms with Gasteiger partial charge in [0, 0.05) is 23.2 Å². The first-order valence-corrected chi connectivity index (χ1v) is 9.02. The maximum absolute atomic E-state index is 13.1. The lowest BCUT2D eigenvalue weighted by Gasteiger charge is -2.23. The van der Waals surface area contributed by atoms with Crippen molar-refractivity contribution in [2.75, 3.05) is 18.6 Å². The fraction of sp³-hybridized carbons (Fsp3) is 0.350. The van der Waals surface area contributed by atoms with Gasteiger partial charge in [0.25, 0.3) is 5.91 Å². The van der Waals surface area contributed by atoms with Crippen LogP contribution in [0.2, 0.25) is 5.02 Å². The number of ketones is 1. The number of nitrogens with zero attached hydrogens (tertiary/aromatic N) is 2. The molecule has 1 aliphatic rings. The summed E-state index contributed by atoms with van der Waals surface area (Å²) in [5, 5.41) is 11.6. The molecule has 1 aromatic heterocycles. The number of anilines is 1. The van der Waals surface area contributed by atoms with E-state index in [0.717, 1.165) is 0 Å². The van der Waals surface area contributed by atoms with Gasteiger partial charge in [-0.05, 0) is 30.2 Å². The zero-order chi connectivity index (χ0) is 19.8. The highest BCUT2D eigenvalue weighted by molar-refractivity contribution is 6.31. The molecule has 0 bridgehead atoms. The van der Waals surface area contributed by atoms with E-state index in [1.807, 2.05) is 13.8 Å². The van der Waals surface area contributed by atoms with Gasteiger partial charge in [-0.25, -0.2) is 4.98 Å². The molecular weight excluding hydrogens is 368 g/mol. The maximum Gasteiger partial charge on any atom is 0.264 e. The number of Topliss-reactive ketones (excluding diaryl/α,β-unsaturated/α-hetero) is 1. The van der Waals surface area contributed by atoms with Gasteiger partial charge in [-0.15, -0.1) is 0 Å². The molecule has 1 aliphatic heterocycles. The van der Waals surface area contributed by atoms with Gasteiger partial charge in [0.1, 0.15) is 5.69 Å². The molecule has 0 aliphatic carbocycles. The summed E-state index contributed by atoms with van der Waals surface area (Å²) < 4.78 is 5.04. The number of fused-ring (bicyclic) bond motifs is 1. The number of amides is 1. The van der Waals surface area contributed by atoms with Crippen molar-refractivity contribution < 1.29 is 19.4 Å². The van der Waals surface area contributed by atoms with Gasteiger partial charge in [-0.2, -0.15) is 0 Å². The number of aliphatic hydroxyl groups is 1. The Balaban J connectivity index is 1.99. The Morgan fingerprint density at radius 3 is 2.74 bits per heavy atom. The minimum atomic E-state index is -1.98. The average Bonchev–Trinajstić information content (AvgIpc) is 2.83. The van der Waals surface area contributed by atoms with Crippen molar-refractivity contribution in [2.45, 2.75) is 25.9 Å². The number of hydrogen-bond acceptors (Lipinski definition) is 5. The van der Waals surface area contributed by atoms with Gasteiger partial charge in [0.05, 0.1) is 19.2 Å². The second-order valence-corrected chi connectivity index (χ2v) is 7.43. The van der Waals surface area contributed by atoms with Crippen molar-refractivity contribution in [3.63, 3.8) is 0 Å². The lowest BCUT2D eigenvalue weighted by molar-refractivity contribution is -0.136.